The summed E-state index contributed by atoms with van der Waals surface area (Å²) < 4.78 is 0. The van der Waals surface area contributed by atoms with Crippen molar-refractivity contribution in [3.8, 4) is 0 Å². The van der Waals surface area contributed by atoms with Crippen molar-refractivity contribution in [1.29, 1.82) is 0 Å². The molecule has 2 aliphatic heterocycles. The van der Waals surface area contributed by atoms with Gasteiger partial charge in [-0.1, -0.05) is 18.2 Å². The molecule has 0 bridgehead atoms. The Morgan fingerprint density at radius 1 is 1.12 bits per heavy atom. The molecule has 1 aromatic heterocycles. The van der Waals surface area contributed by atoms with E-state index >= 15 is 0 Å². The van der Waals surface area contributed by atoms with Gasteiger partial charge in [-0.15, -0.1) is 10.2 Å². The molecule has 1 saturated heterocycles. The first kappa shape index (κ1) is 15.9. The van der Waals surface area contributed by atoms with Crippen molar-refractivity contribution in [3.05, 3.63) is 47.7 Å². The second-order valence-corrected chi connectivity index (χ2v) is 7.00. The van der Waals surface area contributed by atoms with E-state index < -0.39 is 0 Å². The van der Waals surface area contributed by atoms with Gasteiger partial charge in [0.05, 0.1) is 0 Å². The number of carbonyl (C=O) groups is 1. The highest BCUT2D eigenvalue weighted by atomic mass is 16.1. The van der Waals surface area contributed by atoms with Crippen LogP contribution < -0.4 is 15.1 Å². The van der Waals surface area contributed by atoms with Crippen LogP contribution in [0.15, 0.2) is 36.4 Å². The summed E-state index contributed by atoms with van der Waals surface area (Å²) in [7, 11) is 3.78. The van der Waals surface area contributed by atoms with Crippen LogP contribution in [0.4, 0.5) is 11.5 Å². The number of rotatable bonds is 2. The molecule has 4 rings (SSSR count). The molecule has 130 valence electrons. The molecule has 0 aliphatic carbocycles. The molecule has 0 unspecified atom stereocenters. The first-order valence-electron chi connectivity index (χ1n) is 8.74. The minimum Gasteiger partial charge on any atom is -0.373 e. The predicted octanol–water partition coefficient (Wildman–Crippen LogP) is 1.82. The highest BCUT2D eigenvalue weighted by Gasteiger charge is 2.43. The number of anilines is 2. The lowest BCUT2D eigenvalue weighted by molar-refractivity contribution is 0.0957. The van der Waals surface area contributed by atoms with Crippen molar-refractivity contribution < 1.29 is 4.79 Å². The monoisotopic (exact) mass is 337 g/mol. The van der Waals surface area contributed by atoms with Crippen molar-refractivity contribution >= 4 is 17.4 Å². The van der Waals surface area contributed by atoms with E-state index in [-0.39, 0.29) is 11.3 Å². The van der Waals surface area contributed by atoms with Crippen LogP contribution in [-0.4, -0.2) is 49.8 Å². The van der Waals surface area contributed by atoms with Crippen LogP contribution in [0.5, 0.6) is 0 Å². The number of para-hydroxylation sites is 1. The van der Waals surface area contributed by atoms with Gasteiger partial charge in [-0.05, 0) is 36.6 Å². The van der Waals surface area contributed by atoms with Gasteiger partial charge in [-0.2, -0.15) is 0 Å². The number of nitrogens with one attached hydrogen (secondary N) is 1. The molecular formula is C19H23N5O. The first-order chi connectivity index (χ1) is 12.1. The fourth-order valence-electron chi connectivity index (χ4n) is 4.21. The Hall–Kier alpha value is -2.63. The van der Waals surface area contributed by atoms with E-state index in [9.17, 15) is 4.79 Å². The molecule has 1 aromatic carbocycles. The highest BCUT2D eigenvalue weighted by Crippen LogP contribution is 2.46. The van der Waals surface area contributed by atoms with Crippen LogP contribution in [-0.2, 0) is 5.41 Å². The summed E-state index contributed by atoms with van der Waals surface area (Å²) >= 11 is 0. The molecule has 6 nitrogen and oxygen atoms in total. The van der Waals surface area contributed by atoms with Gasteiger partial charge < -0.3 is 15.1 Å². The minimum atomic E-state index is -0.206. The second kappa shape index (κ2) is 6.02. The Bertz CT molecular complexity index is 781. The number of hydrogen-bond donors (Lipinski definition) is 1. The first-order valence-corrected chi connectivity index (χ1v) is 8.74. The summed E-state index contributed by atoms with van der Waals surface area (Å²) in [6.45, 7) is 2.99. The minimum absolute atomic E-state index is 0.206. The zero-order valence-corrected chi connectivity index (χ0v) is 14.7. The number of piperidine rings is 1. The van der Waals surface area contributed by atoms with Gasteiger partial charge in [0.15, 0.2) is 11.5 Å². The van der Waals surface area contributed by atoms with Crippen molar-refractivity contribution in [2.24, 2.45) is 0 Å². The lowest BCUT2D eigenvalue weighted by Gasteiger charge is -2.40. The van der Waals surface area contributed by atoms with E-state index in [4.69, 9.17) is 0 Å². The topological polar surface area (TPSA) is 61.4 Å². The van der Waals surface area contributed by atoms with Gasteiger partial charge in [-0.25, -0.2) is 0 Å². The summed E-state index contributed by atoms with van der Waals surface area (Å²) in [5.41, 5.74) is 3.45. The maximum absolute atomic E-state index is 11.6. The molecule has 25 heavy (non-hydrogen) atoms. The Labute approximate surface area is 147 Å². The van der Waals surface area contributed by atoms with Crippen LogP contribution in [0.25, 0.3) is 0 Å². The third kappa shape index (κ3) is 2.62. The van der Waals surface area contributed by atoms with Crippen LogP contribution in [0.2, 0.25) is 0 Å². The molecule has 3 heterocycles. The second-order valence-electron chi connectivity index (χ2n) is 7.00. The summed E-state index contributed by atoms with van der Waals surface area (Å²) in [4.78, 5) is 16.2. The van der Waals surface area contributed by atoms with Crippen LogP contribution in [0, 0.1) is 0 Å². The van der Waals surface area contributed by atoms with Crippen LogP contribution in [0.1, 0.15) is 28.9 Å². The quantitative estimate of drug-likeness (QED) is 0.906. The number of aromatic nitrogens is 2. The Morgan fingerprint density at radius 2 is 1.88 bits per heavy atom. The van der Waals surface area contributed by atoms with E-state index in [0.717, 1.165) is 38.3 Å². The molecule has 1 fully saturated rings. The van der Waals surface area contributed by atoms with E-state index in [0.29, 0.717) is 5.69 Å². The van der Waals surface area contributed by atoms with Gasteiger partial charge in [0.2, 0.25) is 0 Å². The molecule has 6 heteroatoms. The summed E-state index contributed by atoms with van der Waals surface area (Å²) in [5.74, 6) is 0.643. The average molecular weight is 337 g/mol. The number of likely N-dealkylation sites (N-methyl/N-ethyl adjacent to an activating group) is 1. The maximum Gasteiger partial charge on any atom is 0.271 e. The van der Waals surface area contributed by atoms with Crippen molar-refractivity contribution in [2.45, 2.75) is 18.3 Å². The molecule has 0 atom stereocenters. The molecule has 2 aliphatic rings. The van der Waals surface area contributed by atoms with Crippen LogP contribution in [0.3, 0.4) is 0 Å². The number of fused-ring (bicyclic) bond motifs is 2. The van der Waals surface area contributed by atoms with E-state index in [2.05, 4.69) is 56.6 Å². The van der Waals surface area contributed by atoms with Crippen LogP contribution >= 0.6 is 0 Å². The molecule has 0 radical (unpaired) electrons. The molecule has 1 spiro atoms. The summed E-state index contributed by atoms with van der Waals surface area (Å²) in [6, 6.07) is 12.4. The lowest BCUT2D eigenvalue weighted by atomic mass is 9.74. The largest absolute Gasteiger partial charge is 0.373 e. The van der Waals surface area contributed by atoms with Gasteiger partial charge in [-0.3, -0.25) is 4.79 Å². The fraction of sp³-hybridized carbons (Fsp3) is 0.421. The zero-order valence-electron chi connectivity index (χ0n) is 14.7. The summed E-state index contributed by atoms with van der Waals surface area (Å²) in [5, 5.41) is 10.9. The van der Waals surface area contributed by atoms with Gasteiger partial charge in [0.25, 0.3) is 5.91 Å². The predicted molar refractivity (Wildman–Crippen MR) is 98.3 cm³/mol. The molecule has 1 amide bonds. The third-order valence-corrected chi connectivity index (χ3v) is 5.58. The van der Waals surface area contributed by atoms with Crippen molar-refractivity contribution in [2.75, 3.05) is 43.5 Å². The van der Waals surface area contributed by atoms with Gasteiger partial charge in [0.1, 0.15) is 0 Å². The molecule has 0 saturated carbocycles. The molecule has 2 aromatic rings. The van der Waals surface area contributed by atoms with E-state index in [1.807, 2.05) is 6.07 Å². The standard InChI is InChI=1S/C19H23N5O/c1-20-18(25)15-7-8-17(22-21-15)24-11-9-19(10-12-24)13-23(2)16-6-4-3-5-14(16)19/h3-8H,9-13H2,1-2H3,(H,20,25). The Morgan fingerprint density at radius 3 is 2.56 bits per heavy atom. The molecule has 1 N–H and O–H groups in total. The van der Waals surface area contributed by atoms with E-state index in [1.165, 1.54) is 11.3 Å². The number of carbonyl (C=O) groups excluding carboxylic acids is 1. The number of benzene rings is 1. The smallest absolute Gasteiger partial charge is 0.271 e. The Kier molecular flexibility index (Phi) is 3.82. The normalized spacial score (nSPS) is 18.3. The van der Waals surface area contributed by atoms with Gasteiger partial charge >= 0.3 is 0 Å². The number of hydrogen-bond acceptors (Lipinski definition) is 5. The SMILES string of the molecule is CNC(=O)c1ccc(N2CCC3(CC2)CN(C)c2ccccc23)nn1. The highest BCUT2D eigenvalue weighted by molar-refractivity contribution is 5.91. The number of amides is 1. The lowest BCUT2D eigenvalue weighted by Crippen LogP contribution is -2.45. The van der Waals surface area contributed by atoms with Crippen molar-refractivity contribution in [3.63, 3.8) is 0 Å². The van der Waals surface area contributed by atoms with Crippen molar-refractivity contribution in [1.82, 2.24) is 15.5 Å². The molecular weight excluding hydrogens is 314 g/mol. The van der Waals surface area contributed by atoms with Gasteiger partial charge in [0, 0.05) is 44.8 Å². The fourth-order valence-corrected chi connectivity index (χ4v) is 4.21. The zero-order chi connectivity index (χ0) is 17.4. The average Bonchev–Trinajstić information content (AvgIpc) is 2.94. The Balaban J connectivity index is 1.50. The number of nitrogens with zero attached hydrogens (tertiary/aromatic N) is 4. The maximum atomic E-state index is 11.6. The summed E-state index contributed by atoms with van der Waals surface area (Å²) in [6.07, 6.45) is 2.21. The third-order valence-electron chi connectivity index (χ3n) is 5.58. The van der Waals surface area contributed by atoms with E-state index in [1.54, 1.807) is 13.1 Å².